The topological polar surface area (TPSA) is 3.24 Å². The average Bonchev–Trinajstić information content (AvgIpc) is 2.19. The van der Waals surface area contributed by atoms with E-state index in [9.17, 15) is 0 Å². The van der Waals surface area contributed by atoms with Crippen LogP contribution < -0.4 is 0 Å². The zero-order valence-electron chi connectivity index (χ0n) is 18.1. The molecule has 2 fully saturated rings. The summed E-state index contributed by atoms with van der Waals surface area (Å²) in [7, 11) is 2.26. The number of piperidine rings is 1. The van der Waals surface area contributed by atoms with Crippen molar-refractivity contribution in [1.29, 1.82) is 0 Å². The molecule has 0 atom stereocenters. The predicted molar refractivity (Wildman–Crippen MR) is 105 cm³/mol. The van der Waals surface area contributed by atoms with Gasteiger partial charge in [0, 0.05) is 11.1 Å². The lowest BCUT2D eigenvalue weighted by Crippen LogP contribution is -2.58. The van der Waals surface area contributed by atoms with Gasteiger partial charge in [0.2, 0.25) is 0 Å². The first-order chi connectivity index (χ1) is 10.1. The molecule has 138 valence electrons. The van der Waals surface area contributed by atoms with Gasteiger partial charge in [0.25, 0.3) is 0 Å². The summed E-state index contributed by atoms with van der Waals surface area (Å²) in [6.45, 7) is 23.8. The van der Waals surface area contributed by atoms with Gasteiger partial charge < -0.3 is 0 Å². The van der Waals surface area contributed by atoms with Gasteiger partial charge in [0.05, 0.1) is 0 Å². The van der Waals surface area contributed by atoms with Gasteiger partial charge in [-0.1, -0.05) is 41.5 Å². The van der Waals surface area contributed by atoms with Crippen LogP contribution in [0.15, 0.2) is 0 Å². The van der Waals surface area contributed by atoms with E-state index in [1.807, 2.05) is 0 Å². The Balaban J connectivity index is 0.000000231. The molecule has 1 saturated carbocycles. The highest BCUT2D eigenvalue weighted by molar-refractivity contribution is 4.97. The Morgan fingerprint density at radius 3 is 1.22 bits per heavy atom. The molecule has 1 heteroatoms. The van der Waals surface area contributed by atoms with Gasteiger partial charge in [0.15, 0.2) is 0 Å². The minimum Gasteiger partial charge on any atom is -0.296 e. The maximum Gasteiger partial charge on any atom is 0.0158 e. The summed E-state index contributed by atoms with van der Waals surface area (Å²) < 4.78 is 0. The molecule has 0 aromatic rings. The summed E-state index contributed by atoms with van der Waals surface area (Å²) >= 11 is 0. The van der Waals surface area contributed by atoms with E-state index in [4.69, 9.17) is 0 Å². The molecular weight excluding hydrogens is 278 g/mol. The van der Waals surface area contributed by atoms with E-state index in [1.54, 1.807) is 0 Å². The van der Waals surface area contributed by atoms with Gasteiger partial charge in [-0.25, -0.2) is 0 Å². The lowest BCUT2D eigenvalue weighted by Gasteiger charge is -2.53. The molecule has 0 aromatic heterocycles. The molecule has 0 N–H and O–H groups in total. The van der Waals surface area contributed by atoms with Gasteiger partial charge in [-0.05, 0) is 89.5 Å². The van der Waals surface area contributed by atoms with Gasteiger partial charge in [0.1, 0.15) is 0 Å². The van der Waals surface area contributed by atoms with Crippen molar-refractivity contribution in [3.8, 4) is 0 Å². The van der Waals surface area contributed by atoms with Crippen molar-refractivity contribution < 1.29 is 0 Å². The third-order valence-electron chi connectivity index (χ3n) is 6.27. The Hall–Kier alpha value is -0.0400. The SMILES string of the molecule is CC1CC(C)(C)CC(C)(C)C1.CC1CC(C)(C)N(C)C(C)(C)C1. The smallest absolute Gasteiger partial charge is 0.0158 e. The minimum atomic E-state index is 0.376. The highest BCUT2D eigenvalue weighted by Crippen LogP contribution is 2.47. The van der Waals surface area contributed by atoms with E-state index in [1.165, 1.54) is 32.1 Å². The Kier molecular flexibility index (Phi) is 6.11. The summed E-state index contributed by atoms with van der Waals surface area (Å²) in [6.07, 6.45) is 6.87. The van der Waals surface area contributed by atoms with Gasteiger partial charge in [-0.3, -0.25) is 4.90 Å². The molecule has 0 radical (unpaired) electrons. The summed E-state index contributed by atoms with van der Waals surface area (Å²) in [6, 6.07) is 0. The maximum absolute atomic E-state index is 2.53. The Bertz CT molecular complexity index is 355. The van der Waals surface area contributed by atoms with Crippen LogP contribution in [0.25, 0.3) is 0 Å². The van der Waals surface area contributed by atoms with Crippen LogP contribution in [0.1, 0.15) is 101 Å². The lowest BCUT2D eigenvalue weighted by molar-refractivity contribution is -0.0255. The summed E-state index contributed by atoms with van der Waals surface area (Å²) in [5.74, 6) is 1.79. The second kappa shape index (κ2) is 6.70. The van der Waals surface area contributed by atoms with Crippen molar-refractivity contribution in [3.63, 3.8) is 0 Å². The molecule has 2 aliphatic rings. The fourth-order valence-corrected chi connectivity index (χ4v) is 6.27. The Labute approximate surface area is 147 Å². The second-order valence-electron chi connectivity index (χ2n) is 11.7. The van der Waals surface area contributed by atoms with Crippen LogP contribution in [-0.2, 0) is 0 Å². The Morgan fingerprint density at radius 2 is 0.913 bits per heavy atom. The molecule has 1 aliphatic heterocycles. The number of nitrogens with zero attached hydrogens (tertiary/aromatic N) is 1. The minimum absolute atomic E-state index is 0.376. The molecule has 0 bridgehead atoms. The fourth-order valence-electron chi connectivity index (χ4n) is 6.27. The first kappa shape index (κ1) is 21.0. The van der Waals surface area contributed by atoms with E-state index < -0.39 is 0 Å². The van der Waals surface area contributed by atoms with Crippen LogP contribution in [0.4, 0.5) is 0 Å². The van der Waals surface area contributed by atoms with Crippen LogP contribution in [-0.4, -0.2) is 23.0 Å². The van der Waals surface area contributed by atoms with Crippen LogP contribution in [0.3, 0.4) is 0 Å². The summed E-state index contributed by atoms with van der Waals surface area (Å²) in [4.78, 5) is 2.53. The molecule has 1 heterocycles. The molecule has 23 heavy (non-hydrogen) atoms. The summed E-state index contributed by atoms with van der Waals surface area (Å²) in [5.41, 5.74) is 1.92. The van der Waals surface area contributed by atoms with Crippen molar-refractivity contribution in [2.45, 2.75) is 112 Å². The monoisotopic (exact) mass is 323 g/mol. The molecule has 0 spiro atoms. The zero-order chi connectivity index (χ0) is 18.3. The van der Waals surface area contributed by atoms with Crippen molar-refractivity contribution in [1.82, 2.24) is 4.90 Å². The predicted octanol–water partition coefficient (Wildman–Crippen LogP) is 6.76. The zero-order valence-corrected chi connectivity index (χ0v) is 18.1. The fraction of sp³-hybridized carbons (Fsp3) is 1.00. The normalized spacial score (nSPS) is 30.4. The van der Waals surface area contributed by atoms with Gasteiger partial charge >= 0.3 is 0 Å². The lowest BCUT2D eigenvalue weighted by atomic mass is 9.62. The van der Waals surface area contributed by atoms with Crippen LogP contribution in [0.5, 0.6) is 0 Å². The van der Waals surface area contributed by atoms with Crippen molar-refractivity contribution in [3.05, 3.63) is 0 Å². The van der Waals surface area contributed by atoms with Crippen LogP contribution in [0, 0.1) is 22.7 Å². The van der Waals surface area contributed by atoms with Gasteiger partial charge in [-0.2, -0.15) is 0 Å². The van der Waals surface area contributed by atoms with E-state index in [0.29, 0.717) is 21.9 Å². The van der Waals surface area contributed by atoms with Crippen molar-refractivity contribution >= 4 is 0 Å². The number of rotatable bonds is 0. The quantitative estimate of drug-likeness (QED) is 0.476. The molecule has 0 amide bonds. The van der Waals surface area contributed by atoms with E-state index in [0.717, 1.165) is 11.8 Å². The van der Waals surface area contributed by atoms with Crippen LogP contribution >= 0.6 is 0 Å². The standard InChI is InChI=1S/C11H23N.C11H22/c1-9-7-10(2,3)12(6)11(4,5)8-9;1-9-6-10(2,3)8-11(4,5)7-9/h9H,7-8H2,1-6H3;9H,6-8H2,1-5H3. The highest BCUT2D eigenvalue weighted by atomic mass is 15.2. The Morgan fingerprint density at radius 1 is 0.609 bits per heavy atom. The number of hydrogen-bond acceptors (Lipinski definition) is 1. The molecule has 1 saturated heterocycles. The molecule has 1 aliphatic carbocycles. The third-order valence-corrected chi connectivity index (χ3v) is 6.27. The van der Waals surface area contributed by atoms with E-state index >= 15 is 0 Å². The molecular formula is C22H45N. The molecule has 0 unspecified atom stereocenters. The van der Waals surface area contributed by atoms with E-state index in [-0.39, 0.29) is 0 Å². The summed E-state index contributed by atoms with van der Waals surface area (Å²) in [5, 5.41) is 0. The van der Waals surface area contributed by atoms with Gasteiger partial charge in [-0.15, -0.1) is 0 Å². The van der Waals surface area contributed by atoms with Crippen LogP contribution in [0.2, 0.25) is 0 Å². The molecule has 1 nitrogen and oxygen atoms in total. The van der Waals surface area contributed by atoms with Crippen molar-refractivity contribution in [2.75, 3.05) is 7.05 Å². The average molecular weight is 324 g/mol. The number of likely N-dealkylation sites (tertiary alicyclic amines) is 1. The maximum atomic E-state index is 2.53. The highest BCUT2D eigenvalue weighted by Gasteiger charge is 2.41. The number of hydrogen-bond donors (Lipinski definition) is 0. The van der Waals surface area contributed by atoms with E-state index in [2.05, 4.69) is 81.2 Å². The second-order valence-corrected chi connectivity index (χ2v) is 11.7. The molecule has 0 aromatic carbocycles. The molecule has 2 rings (SSSR count). The largest absolute Gasteiger partial charge is 0.296 e. The van der Waals surface area contributed by atoms with Crippen molar-refractivity contribution in [2.24, 2.45) is 22.7 Å². The first-order valence-electron chi connectivity index (χ1n) is 9.80. The third kappa shape index (κ3) is 6.07. The first-order valence-corrected chi connectivity index (χ1v) is 9.80.